The molecule has 3 nitrogen and oxygen atoms in total. The fraction of sp³-hybridized carbons (Fsp3) is 0.250. The first-order chi connectivity index (χ1) is 10.2. The van der Waals surface area contributed by atoms with Gasteiger partial charge in [0.1, 0.15) is 13.2 Å². The second kappa shape index (κ2) is 7.88. The molecule has 0 aliphatic rings. The van der Waals surface area contributed by atoms with Gasteiger partial charge in [-0.2, -0.15) is 0 Å². The van der Waals surface area contributed by atoms with Crippen LogP contribution in [0.2, 0.25) is 0 Å². The van der Waals surface area contributed by atoms with Gasteiger partial charge in [0.25, 0.3) is 0 Å². The predicted octanol–water partition coefficient (Wildman–Crippen LogP) is 4.19. The Bertz CT molecular complexity index is 589. The summed E-state index contributed by atoms with van der Waals surface area (Å²) in [5.74, 6) is 1.15. The van der Waals surface area contributed by atoms with Crippen molar-refractivity contribution < 1.29 is 18.6 Å². The van der Waals surface area contributed by atoms with E-state index in [-0.39, 0.29) is 18.2 Å². The van der Waals surface area contributed by atoms with Gasteiger partial charge in [-0.25, -0.2) is 4.39 Å². The van der Waals surface area contributed by atoms with Crippen LogP contribution in [0.1, 0.15) is 5.56 Å². The Hall–Kier alpha value is -1.75. The van der Waals surface area contributed by atoms with E-state index in [9.17, 15) is 4.39 Å². The Morgan fingerprint density at radius 1 is 0.952 bits per heavy atom. The van der Waals surface area contributed by atoms with Gasteiger partial charge in [-0.15, -0.1) is 0 Å². The summed E-state index contributed by atoms with van der Waals surface area (Å²) in [5, 5.41) is 0.612. The molecule has 5 heteroatoms. The monoisotopic (exact) mass is 354 g/mol. The third-order valence-corrected chi connectivity index (χ3v) is 3.47. The fourth-order valence-corrected chi connectivity index (χ4v) is 2.13. The van der Waals surface area contributed by atoms with Crippen LogP contribution < -0.4 is 14.2 Å². The fourth-order valence-electron chi connectivity index (χ4n) is 1.79. The maximum atomic E-state index is 13.7. The Kier molecular flexibility index (Phi) is 5.87. The van der Waals surface area contributed by atoms with E-state index >= 15 is 0 Å². The first kappa shape index (κ1) is 15.6. The van der Waals surface area contributed by atoms with Crippen molar-refractivity contribution in [3.8, 4) is 17.2 Å². The van der Waals surface area contributed by atoms with E-state index in [2.05, 4.69) is 15.9 Å². The second-order valence-electron chi connectivity index (χ2n) is 4.25. The van der Waals surface area contributed by atoms with Crippen molar-refractivity contribution in [3.63, 3.8) is 0 Å². The maximum Gasteiger partial charge on any atom is 0.165 e. The van der Waals surface area contributed by atoms with Gasteiger partial charge in [0.2, 0.25) is 0 Å². The van der Waals surface area contributed by atoms with Gasteiger partial charge in [0.05, 0.1) is 7.11 Å². The molecule has 112 valence electrons. The minimum absolute atomic E-state index is 0.225. The molecule has 2 aromatic carbocycles. The molecule has 0 spiro atoms. The number of alkyl halides is 1. The van der Waals surface area contributed by atoms with E-state index in [1.54, 1.807) is 13.2 Å². The summed E-state index contributed by atoms with van der Waals surface area (Å²) in [6.45, 7) is 0.558. The molecule has 0 bridgehead atoms. The number of hydrogen-bond donors (Lipinski definition) is 0. The van der Waals surface area contributed by atoms with Crippen LogP contribution in [0, 0.1) is 5.82 Å². The number of benzene rings is 2. The van der Waals surface area contributed by atoms with Gasteiger partial charge in [-0.3, -0.25) is 0 Å². The molecular formula is C16H16BrFO3. The van der Waals surface area contributed by atoms with Crippen molar-refractivity contribution in [2.45, 2.75) is 5.33 Å². The summed E-state index contributed by atoms with van der Waals surface area (Å²) in [7, 11) is 1.58. The molecule has 0 aromatic heterocycles. The molecule has 0 aliphatic heterocycles. The van der Waals surface area contributed by atoms with E-state index in [1.165, 1.54) is 6.07 Å². The van der Waals surface area contributed by atoms with Gasteiger partial charge < -0.3 is 14.2 Å². The highest BCUT2D eigenvalue weighted by Gasteiger charge is 2.05. The van der Waals surface area contributed by atoms with Gasteiger partial charge in [0.15, 0.2) is 23.1 Å². The minimum atomic E-state index is -0.371. The first-order valence-electron chi connectivity index (χ1n) is 6.47. The average Bonchev–Trinajstić information content (AvgIpc) is 2.53. The van der Waals surface area contributed by atoms with Crippen molar-refractivity contribution in [3.05, 3.63) is 53.8 Å². The van der Waals surface area contributed by atoms with Gasteiger partial charge in [-0.05, 0) is 29.8 Å². The molecule has 2 aromatic rings. The van der Waals surface area contributed by atoms with Crippen LogP contribution in [0.4, 0.5) is 4.39 Å². The predicted molar refractivity (Wildman–Crippen MR) is 83.0 cm³/mol. The van der Waals surface area contributed by atoms with Crippen LogP contribution in [-0.2, 0) is 5.33 Å². The zero-order valence-electron chi connectivity index (χ0n) is 11.6. The quantitative estimate of drug-likeness (QED) is 0.551. The van der Waals surface area contributed by atoms with Gasteiger partial charge >= 0.3 is 0 Å². The lowest BCUT2D eigenvalue weighted by Crippen LogP contribution is -2.10. The molecule has 0 saturated carbocycles. The molecule has 2 rings (SSSR count). The van der Waals surface area contributed by atoms with E-state index in [4.69, 9.17) is 14.2 Å². The van der Waals surface area contributed by atoms with Crippen LogP contribution in [-0.4, -0.2) is 20.3 Å². The summed E-state index contributed by atoms with van der Waals surface area (Å²) in [5.41, 5.74) is 0.866. The van der Waals surface area contributed by atoms with Crippen LogP contribution >= 0.6 is 15.9 Å². The normalized spacial score (nSPS) is 10.2. The highest BCUT2D eigenvalue weighted by molar-refractivity contribution is 9.08. The average molecular weight is 355 g/mol. The number of methoxy groups -OCH3 is 1. The van der Waals surface area contributed by atoms with Crippen LogP contribution in [0.5, 0.6) is 17.2 Å². The van der Waals surface area contributed by atoms with Crippen molar-refractivity contribution in [1.29, 1.82) is 0 Å². The molecule has 0 radical (unpaired) electrons. The van der Waals surface area contributed by atoms with Crippen molar-refractivity contribution in [2.75, 3.05) is 20.3 Å². The zero-order valence-corrected chi connectivity index (χ0v) is 13.2. The molecule has 0 amide bonds. The van der Waals surface area contributed by atoms with E-state index in [0.717, 1.165) is 5.56 Å². The Morgan fingerprint density at radius 3 is 2.24 bits per heavy atom. The summed E-state index contributed by atoms with van der Waals surface area (Å²) < 4.78 is 29.8. The number of hydrogen-bond acceptors (Lipinski definition) is 3. The zero-order chi connectivity index (χ0) is 15.1. The lowest BCUT2D eigenvalue weighted by molar-refractivity contribution is 0.206. The lowest BCUT2D eigenvalue weighted by Gasteiger charge is -2.11. The smallest absolute Gasteiger partial charge is 0.165 e. The molecule has 0 atom stereocenters. The molecule has 0 heterocycles. The third-order valence-electron chi connectivity index (χ3n) is 2.82. The maximum absolute atomic E-state index is 13.7. The van der Waals surface area contributed by atoms with E-state index < -0.39 is 0 Å². The van der Waals surface area contributed by atoms with E-state index in [0.29, 0.717) is 23.4 Å². The summed E-state index contributed by atoms with van der Waals surface area (Å²) in [6, 6.07) is 12.2. The highest BCUT2D eigenvalue weighted by Crippen LogP contribution is 2.25. The standard InChI is InChI=1S/C16H16BrFO3/c1-19-15-4-2-3-5-16(15)21-9-8-20-14-7-6-12(11-17)10-13(14)18/h2-7,10H,8-9,11H2,1H3. The largest absolute Gasteiger partial charge is 0.493 e. The molecule has 21 heavy (non-hydrogen) atoms. The lowest BCUT2D eigenvalue weighted by atomic mass is 10.2. The van der Waals surface area contributed by atoms with Gasteiger partial charge in [0, 0.05) is 5.33 Å². The summed E-state index contributed by atoms with van der Waals surface area (Å²) in [6.07, 6.45) is 0. The highest BCUT2D eigenvalue weighted by atomic mass is 79.9. The number of para-hydroxylation sites is 2. The Balaban J connectivity index is 1.85. The summed E-state index contributed by atoms with van der Waals surface area (Å²) >= 11 is 3.28. The molecule has 0 fully saturated rings. The Labute approximate surface area is 131 Å². The van der Waals surface area contributed by atoms with Crippen molar-refractivity contribution >= 4 is 15.9 Å². The molecular weight excluding hydrogens is 339 g/mol. The number of halogens is 2. The van der Waals surface area contributed by atoms with Crippen molar-refractivity contribution in [2.24, 2.45) is 0 Å². The topological polar surface area (TPSA) is 27.7 Å². The van der Waals surface area contributed by atoms with E-state index in [1.807, 2.05) is 30.3 Å². The minimum Gasteiger partial charge on any atom is -0.493 e. The molecule has 0 saturated heterocycles. The molecule has 0 aliphatic carbocycles. The van der Waals surface area contributed by atoms with Crippen molar-refractivity contribution in [1.82, 2.24) is 0 Å². The van der Waals surface area contributed by atoms with Crippen LogP contribution in [0.15, 0.2) is 42.5 Å². The van der Waals surface area contributed by atoms with Gasteiger partial charge in [-0.1, -0.05) is 34.1 Å². The number of rotatable bonds is 7. The second-order valence-corrected chi connectivity index (χ2v) is 4.81. The third kappa shape index (κ3) is 4.36. The SMILES string of the molecule is COc1ccccc1OCCOc1ccc(CBr)cc1F. The summed E-state index contributed by atoms with van der Waals surface area (Å²) in [4.78, 5) is 0. The van der Waals surface area contributed by atoms with Crippen LogP contribution in [0.3, 0.4) is 0 Å². The Morgan fingerprint density at radius 2 is 1.62 bits per heavy atom. The first-order valence-corrected chi connectivity index (χ1v) is 7.59. The molecule has 0 N–H and O–H groups in total. The van der Waals surface area contributed by atoms with Crippen LogP contribution in [0.25, 0.3) is 0 Å². The number of ether oxygens (including phenoxy) is 3. The molecule has 0 unspecified atom stereocenters.